The highest BCUT2D eigenvalue weighted by atomic mass is 14.0. The van der Waals surface area contributed by atoms with E-state index in [1.165, 1.54) is 22.3 Å². The van der Waals surface area contributed by atoms with Crippen molar-refractivity contribution in [3.05, 3.63) is 120 Å². The van der Waals surface area contributed by atoms with Crippen LogP contribution >= 0.6 is 0 Å². The Labute approximate surface area is 138 Å². The van der Waals surface area contributed by atoms with Gasteiger partial charge in [0.15, 0.2) is 0 Å². The Bertz CT molecular complexity index is 766. The molecule has 0 bridgehead atoms. The quantitative estimate of drug-likeness (QED) is 0.504. The summed E-state index contributed by atoms with van der Waals surface area (Å²) < 4.78 is 0. The zero-order chi connectivity index (χ0) is 15.7. The zero-order valence-electron chi connectivity index (χ0n) is 13.1. The van der Waals surface area contributed by atoms with Gasteiger partial charge in [0.2, 0.25) is 0 Å². The lowest BCUT2D eigenvalue weighted by Crippen LogP contribution is -1.85. The smallest absolute Gasteiger partial charge is 0.00882 e. The van der Waals surface area contributed by atoms with Crippen molar-refractivity contribution >= 4 is 11.6 Å². The van der Waals surface area contributed by atoms with Gasteiger partial charge in [0.1, 0.15) is 0 Å². The Morgan fingerprint density at radius 2 is 1.22 bits per heavy atom. The second kappa shape index (κ2) is 7.95. The van der Waals surface area contributed by atoms with Crippen LogP contribution in [0, 0.1) is 0 Å². The van der Waals surface area contributed by atoms with Crippen molar-refractivity contribution in [1.29, 1.82) is 0 Å². The lowest BCUT2D eigenvalue weighted by Gasteiger charge is -2.04. The fourth-order valence-corrected chi connectivity index (χ4v) is 2.50. The van der Waals surface area contributed by atoms with Gasteiger partial charge in [-0.3, -0.25) is 0 Å². The third-order valence-electron chi connectivity index (χ3n) is 3.76. The van der Waals surface area contributed by atoms with Gasteiger partial charge < -0.3 is 0 Å². The van der Waals surface area contributed by atoms with Crippen molar-refractivity contribution in [1.82, 2.24) is 0 Å². The first-order valence-electron chi connectivity index (χ1n) is 7.94. The molecule has 0 aromatic heterocycles. The summed E-state index contributed by atoms with van der Waals surface area (Å²) in [6.07, 6.45) is 7.60. The van der Waals surface area contributed by atoms with E-state index < -0.39 is 0 Å². The number of benzene rings is 3. The van der Waals surface area contributed by atoms with Gasteiger partial charge in [0.25, 0.3) is 0 Å². The topological polar surface area (TPSA) is 0 Å². The summed E-state index contributed by atoms with van der Waals surface area (Å²) in [4.78, 5) is 0. The minimum atomic E-state index is 0.935. The molecule has 112 valence electrons. The van der Waals surface area contributed by atoms with Gasteiger partial charge in [-0.15, -0.1) is 0 Å². The Balaban J connectivity index is 1.86. The summed E-state index contributed by atoms with van der Waals surface area (Å²) in [5, 5.41) is 0. The van der Waals surface area contributed by atoms with Gasteiger partial charge >= 0.3 is 0 Å². The van der Waals surface area contributed by atoms with Crippen LogP contribution in [0.5, 0.6) is 0 Å². The molecule has 0 heteroatoms. The maximum absolute atomic E-state index is 2.30. The first kappa shape index (κ1) is 15.1. The van der Waals surface area contributed by atoms with Gasteiger partial charge in [-0.2, -0.15) is 0 Å². The van der Waals surface area contributed by atoms with Crippen molar-refractivity contribution in [2.75, 3.05) is 0 Å². The molecule has 0 amide bonds. The molecular formula is C23H20. The Morgan fingerprint density at radius 1 is 0.652 bits per heavy atom. The van der Waals surface area contributed by atoms with Crippen LogP contribution in [0.3, 0.4) is 0 Å². The first-order valence-corrected chi connectivity index (χ1v) is 7.94. The molecule has 3 rings (SSSR count). The van der Waals surface area contributed by atoms with Crippen LogP contribution in [-0.2, 0) is 6.42 Å². The van der Waals surface area contributed by atoms with E-state index >= 15 is 0 Å². The van der Waals surface area contributed by atoms with Crippen LogP contribution in [-0.4, -0.2) is 0 Å². The largest absolute Gasteiger partial charge is 0.0723 e. The lowest BCUT2D eigenvalue weighted by atomic mass is 10.0. The van der Waals surface area contributed by atoms with E-state index in [9.17, 15) is 0 Å². The van der Waals surface area contributed by atoms with Crippen LogP contribution in [0.4, 0.5) is 0 Å². The predicted octanol–water partition coefficient (Wildman–Crippen LogP) is 6.03. The normalized spacial score (nSPS) is 11.7. The fraction of sp³-hybridized carbons (Fsp3) is 0.0435. The molecule has 3 aromatic rings. The molecule has 0 N–H and O–H groups in total. The predicted molar refractivity (Wildman–Crippen MR) is 100 cm³/mol. The Hall–Kier alpha value is -2.86. The molecular weight excluding hydrogens is 276 g/mol. The standard InChI is InChI=1S/C23H20/c1-4-10-20(11-5-1)16-18-23(22-14-8-3-9-15-22)19-17-21-12-6-2-7-13-21/h1-16,18-19H,17H2/b18-16+,23-19+. The maximum Gasteiger partial charge on any atom is -0.00882 e. The van der Waals surface area contributed by atoms with Crippen LogP contribution in [0.15, 0.2) is 103 Å². The molecule has 0 aliphatic rings. The molecule has 0 heterocycles. The molecule has 0 saturated heterocycles. The monoisotopic (exact) mass is 296 g/mol. The van der Waals surface area contributed by atoms with E-state index in [0.717, 1.165) is 6.42 Å². The molecule has 0 unspecified atom stereocenters. The number of allylic oxidation sites excluding steroid dienone is 3. The molecule has 0 spiro atoms. The molecule has 0 saturated carbocycles. The summed E-state index contributed by atoms with van der Waals surface area (Å²) in [6.45, 7) is 0. The van der Waals surface area contributed by atoms with Crippen molar-refractivity contribution in [2.24, 2.45) is 0 Å². The summed E-state index contributed by atoms with van der Waals surface area (Å²) in [5.41, 5.74) is 5.04. The molecule has 0 radical (unpaired) electrons. The van der Waals surface area contributed by atoms with Crippen LogP contribution in [0.2, 0.25) is 0 Å². The van der Waals surface area contributed by atoms with E-state index in [1.54, 1.807) is 0 Å². The summed E-state index contributed by atoms with van der Waals surface area (Å²) >= 11 is 0. The van der Waals surface area contributed by atoms with E-state index in [-0.39, 0.29) is 0 Å². The van der Waals surface area contributed by atoms with E-state index in [0.29, 0.717) is 0 Å². The molecule has 23 heavy (non-hydrogen) atoms. The van der Waals surface area contributed by atoms with Crippen LogP contribution < -0.4 is 0 Å². The van der Waals surface area contributed by atoms with Gasteiger partial charge in [0.05, 0.1) is 0 Å². The molecule has 0 fully saturated rings. The zero-order valence-corrected chi connectivity index (χ0v) is 13.1. The van der Waals surface area contributed by atoms with E-state index in [2.05, 4.69) is 103 Å². The minimum Gasteiger partial charge on any atom is -0.0723 e. The van der Waals surface area contributed by atoms with Crippen LogP contribution in [0.25, 0.3) is 11.6 Å². The van der Waals surface area contributed by atoms with Crippen molar-refractivity contribution in [2.45, 2.75) is 6.42 Å². The summed E-state index contributed by atoms with van der Waals surface area (Å²) in [6, 6.07) is 31.5. The molecule has 3 aromatic carbocycles. The highest BCUT2D eigenvalue weighted by Crippen LogP contribution is 2.18. The fourth-order valence-electron chi connectivity index (χ4n) is 2.50. The number of rotatable bonds is 5. The third-order valence-corrected chi connectivity index (χ3v) is 3.76. The summed E-state index contributed by atoms with van der Waals surface area (Å²) in [5.74, 6) is 0. The lowest BCUT2D eigenvalue weighted by molar-refractivity contribution is 1.27. The van der Waals surface area contributed by atoms with Gasteiger partial charge in [0, 0.05) is 0 Å². The summed E-state index contributed by atoms with van der Waals surface area (Å²) in [7, 11) is 0. The number of hydrogen-bond donors (Lipinski definition) is 0. The first-order chi connectivity index (χ1) is 11.4. The van der Waals surface area contributed by atoms with Crippen LogP contribution in [0.1, 0.15) is 16.7 Å². The average Bonchev–Trinajstić information content (AvgIpc) is 2.64. The molecule has 0 nitrogen and oxygen atoms in total. The van der Waals surface area contributed by atoms with Crippen molar-refractivity contribution < 1.29 is 0 Å². The average molecular weight is 296 g/mol. The maximum atomic E-state index is 2.30. The molecule has 0 aliphatic heterocycles. The van der Waals surface area contributed by atoms with E-state index in [4.69, 9.17) is 0 Å². The number of hydrogen-bond acceptors (Lipinski definition) is 0. The third kappa shape index (κ3) is 4.55. The van der Waals surface area contributed by atoms with Crippen molar-refractivity contribution in [3.63, 3.8) is 0 Å². The minimum absolute atomic E-state index is 0.935. The van der Waals surface area contributed by atoms with Gasteiger partial charge in [-0.05, 0) is 28.7 Å². The Kier molecular flexibility index (Phi) is 5.21. The molecule has 0 aliphatic carbocycles. The Morgan fingerprint density at radius 3 is 1.87 bits per heavy atom. The second-order valence-electron chi connectivity index (χ2n) is 5.46. The molecule has 0 atom stereocenters. The van der Waals surface area contributed by atoms with E-state index in [1.807, 2.05) is 6.07 Å². The van der Waals surface area contributed by atoms with Gasteiger partial charge in [-0.25, -0.2) is 0 Å². The highest BCUT2D eigenvalue weighted by Gasteiger charge is 1.98. The van der Waals surface area contributed by atoms with Gasteiger partial charge in [-0.1, -0.05) is 109 Å². The van der Waals surface area contributed by atoms with Crippen molar-refractivity contribution in [3.8, 4) is 0 Å². The SMILES string of the molecule is C(=C\c1ccccc1)/C(=C\Cc1ccccc1)c1ccccc1. The second-order valence-corrected chi connectivity index (χ2v) is 5.46. The highest BCUT2D eigenvalue weighted by molar-refractivity contribution is 5.79.